The normalized spacial score (nSPS) is 18.8. The minimum Gasteiger partial charge on any atom is -0.504 e. The molecule has 23 heteroatoms. The molecule has 0 atom stereocenters. The van der Waals surface area contributed by atoms with E-state index < -0.39 is 0 Å². The standard InChI is InChI=1S/C23H32N4O4.C23H31N3O4.C20H28N6O2/c1-3-31-21-14-17(4-5-20(21)29-2)16-26-8-6-18(7-9-26)19-15-22(28)25-23(24-19)27-10-12-30-13-11-27;1-2-30-21-13-16(3-4-20(21)27)15-26-9-5-17(6-10-26)19-14-22(28)25-23(24-19)18-7-11-29-12-8-18;1-2-18-21-12-15(13-22-18)14-25-5-3-16(4-6-25)17-11-19(27)24-20(23-17)26-7-9-28-10-8-26/h4-5,14-15,18H,3,6-13,16H2,1-2H3,(H,24,25,28);3-4,13-14,17-18,27H,2,5-12,15H2,1H3,(H,24,25,28);11-13,16H,2-10,14H2,1H3,(H,23,24,27). The van der Waals surface area contributed by atoms with Crippen molar-refractivity contribution in [1.82, 2.24) is 54.6 Å². The van der Waals surface area contributed by atoms with Crippen LogP contribution in [0.1, 0.15) is 141 Å². The number of piperidine rings is 3. The first-order valence-corrected chi connectivity index (χ1v) is 32.3. The predicted octanol–water partition coefficient (Wildman–Crippen LogP) is 6.88. The molecule has 0 bridgehead atoms. The maximum atomic E-state index is 12.3. The number of phenols is 1. The number of rotatable bonds is 18. The third-order valence-electron chi connectivity index (χ3n) is 17.7. The van der Waals surface area contributed by atoms with Gasteiger partial charge < -0.3 is 48.3 Å². The number of nitrogens with zero attached hydrogens (tertiary/aromatic N) is 10. The molecular formula is C66H91N13O10. The summed E-state index contributed by atoms with van der Waals surface area (Å²) in [5, 5.41) is 9.89. The number of aromatic hydroxyl groups is 1. The summed E-state index contributed by atoms with van der Waals surface area (Å²) >= 11 is 0. The van der Waals surface area contributed by atoms with Crippen LogP contribution >= 0.6 is 0 Å². The van der Waals surface area contributed by atoms with Gasteiger partial charge in [-0.1, -0.05) is 19.1 Å². The number of ether oxygens (including phenoxy) is 6. The van der Waals surface area contributed by atoms with Crippen molar-refractivity contribution in [3.63, 3.8) is 0 Å². The Balaban J connectivity index is 0.000000147. The van der Waals surface area contributed by atoms with Crippen LogP contribution in [-0.2, 0) is 40.3 Å². The summed E-state index contributed by atoms with van der Waals surface area (Å²) < 4.78 is 32.8. The van der Waals surface area contributed by atoms with Crippen molar-refractivity contribution in [2.24, 2.45) is 0 Å². The molecule has 2 aromatic carbocycles. The monoisotopic (exact) mass is 1230 g/mol. The summed E-state index contributed by atoms with van der Waals surface area (Å²) in [6.07, 6.45) is 12.5. The Morgan fingerprint density at radius 2 is 0.910 bits per heavy atom. The lowest BCUT2D eigenvalue weighted by Crippen LogP contribution is -2.39. The molecule has 4 N–H and O–H groups in total. The van der Waals surface area contributed by atoms with E-state index in [0.29, 0.717) is 81.0 Å². The van der Waals surface area contributed by atoms with Gasteiger partial charge in [-0.2, -0.15) is 0 Å². The van der Waals surface area contributed by atoms with Gasteiger partial charge in [-0.3, -0.25) is 39.1 Å². The number of hydrogen-bond acceptors (Lipinski definition) is 20. The van der Waals surface area contributed by atoms with E-state index in [4.69, 9.17) is 43.4 Å². The molecule has 4 aromatic heterocycles. The Bertz CT molecular complexity index is 3340. The van der Waals surface area contributed by atoms with Crippen LogP contribution in [0.25, 0.3) is 0 Å². The summed E-state index contributed by atoms with van der Waals surface area (Å²) in [6, 6.07) is 16.7. The molecule has 23 nitrogen and oxygen atoms in total. The Morgan fingerprint density at radius 1 is 0.483 bits per heavy atom. The van der Waals surface area contributed by atoms with Crippen LogP contribution in [0, 0.1) is 0 Å². The second-order valence-electron chi connectivity index (χ2n) is 23.8. The summed E-state index contributed by atoms with van der Waals surface area (Å²) in [7, 11) is 1.66. The minimum atomic E-state index is -0.0735. The van der Waals surface area contributed by atoms with Crippen molar-refractivity contribution >= 4 is 11.9 Å². The van der Waals surface area contributed by atoms with E-state index in [2.05, 4.69) is 68.5 Å². The summed E-state index contributed by atoms with van der Waals surface area (Å²) in [5.74, 6) is 6.61. The van der Waals surface area contributed by atoms with E-state index >= 15 is 0 Å². The van der Waals surface area contributed by atoms with E-state index in [-0.39, 0.29) is 22.4 Å². The Labute approximate surface area is 521 Å². The SMILES string of the molecule is CCOc1cc(CN2CCC(c3cc(=O)[nH]c(C4CCOCC4)n3)CC2)ccc1O.CCOc1cc(CN2CCC(c3cc(=O)[nH]c(N4CCOCC4)n3)CC2)ccc1OC.CCc1ncc(CN2CCC(c3cc(=O)[nH]c(N4CCOCC4)n3)CC2)cn1. The highest BCUT2D eigenvalue weighted by Gasteiger charge is 2.28. The largest absolute Gasteiger partial charge is 0.504 e. The van der Waals surface area contributed by atoms with Gasteiger partial charge in [0.2, 0.25) is 11.9 Å². The number of phenolic OH excluding ortho intramolecular Hbond substituents is 1. The van der Waals surface area contributed by atoms with Gasteiger partial charge in [-0.05, 0) is 140 Å². The van der Waals surface area contributed by atoms with Gasteiger partial charge in [-0.25, -0.2) is 24.9 Å². The van der Waals surface area contributed by atoms with Crippen LogP contribution in [0.4, 0.5) is 11.9 Å². The molecule has 0 spiro atoms. The number of nitrogens with one attached hydrogen (secondary N) is 3. The van der Waals surface area contributed by atoms with Crippen LogP contribution in [0.15, 0.2) is 81.4 Å². The van der Waals surface area contributed by atoms with Crippen molar-refractivity contribution in [3.05, 3.63) is 143 Å². The number of aryl methyl sites for hydroxylation is 1. The fourth-order valence-corrected chi connectivity index (χ4v) is 12.7. The number of anilines is 2. The molecule has 12 rings (SSSR count). The summed E-state index contributed by atoms with van der Waals surface area (Å²) in [4.78, 5) is 80.1. The average Bonchev–Trinajstić information content (AvgIpc) is 2.95. The van der Waals surface area contributed by atoms with Crippen molar-refractivity contribution in [3.8, 4) is 23.0 Å². The first-order chi connectivity index (χ1) is 43.5. The van der Waals surface area contributed by atoms with Gasteiger partial charge in [0.1, 0.15) is 11.6 Å². The molecule has 6 aromatic rings. The molecule has 6 aliphatic heterocycles. The topological polar surface area (TPSA) is 255 Å². The lowest BCUT2D eigenvalue weighted by Gasteiger charge is -2.32. The number of methoxy groups -OCH3 is 1. The second kappa shape index (κ2) is 32.5. The molecule has 480 valence electrons. The van der Waals surface area contributed by atoms with E-state index in [0.717, 1.165) is 207 Å². The van der Waals surface area contributed by atoms with E-state index in [9.17, 15) is 19.5 Å². The number of aromatic amines is 3. The van der Waals surface area contributed by atoms with Crippen LogP contribution in [-0.4, -0.2) is 185 Å². The van der Waals surface area contributed by atoms with Crippen molar-refractivity contribution in [2.75, 3.05) is 135 Å². The van der Waals surface area contributed by atoms with Crippen LogP contribution in [0.3, 0.4) is 0 Å². The Hall–Kier alpha value is -7.28. The molecule has 6 aliphatic rings. The Morgan fingerprint density at radius 3 is 1.38 bits per heavy atom. The van der Waals surface area contributed by atoms with Crippen LogP contribution < -0.4 is 40.7 Å². The van der Waals surface area contributed by atoms with Gasteiger partial charge in [0.25, 0.3) is 16.7 Å². The molecule has 0 amide bonds. The second-order valence-corrected chi connectivity index (χ2v) is 23.8. The molecular weight excluding hydrogens is 1130 g/mol. The first kappa shape index (κ1) is 64.7. The fourth-order valence-electron chi connectivity index (χ4n) is 12.7. The van der Waals surface area contributed by atoms with Crippen LogP contribution in [0.5, 0.6) is 23.0 Å². The predicted molar refractivity (Wildman–Crippen MR) is 340 cm³/mol. The molecule has 0 radical (unpaired) electrons. The highest BCUT2D eigenvalue weighted by Crippen LogP contribution is 2.34. The average molecular weight is 1230 g/mol. The van der Waals surface area contributed by atoms with Gasteiger partial charge in [0.05, 0.1) is 63.8 Å². The number of hydrogen-bond donors (Lipinski definition) is 4. The first-order valence-electron chi connectivity index (χ1n) is 32.3. The number of benzene rings is 2. The fraction of sp³-hybridized carbons (Fsp3) is 0.576. The quantitative estimate of drug-likeness (QED) is 0.0684. The lowest BCUT2D eigenvalue weighted by atomic mass is 9.92. The molecule has 6 saturated heterocycles. The third-order valence-corrected chi connectivity index (χ3v) is 17.7. The molecule has 89 heavy (non-hydrogen) atoms. The number of likely N-dealkylation sites (tertiary alicyclic amines) is 3. The van der Waals surface area contributed by atoms with E-state index in [1.165, 1.54) is 5.56 Å². The van der Waals surface area contributed by atoms with E-state index in [1.54, 1.807) is 31.4 Å². The smallest absolute Gasteiger partial charge is 0.252 e. The molecule has 0 aliphatic carbocycles. The zero-order valence-electron chi connectivity index (χ0n) is 52.5. The summed E-state index contributed by atoms with van der Waals surface area (Å²) in [5.41, 5.74) is 6.07. The number of morpholine rings is 2. The highest BCUT2D eigenvalue weighted by atomic mass is 16.5. The van der Waals surface area contributed by atoms with Gasteiger partial charge in [-0.15, -0.1) is 0 Å². The molecule has 0 unspecified atom stereocenters. The zero-order valence-corrected chi connectivity index (χ0v) is 52.5. The van der Waals surface area contributed by atoms with Gasteiger partial charge in [0, 0.05) is 125 Å². The summed E-state index contributed by atoms with van der Waals surface area (Å²) in [6.45, 7) is 22.7. The van der Waals surface area contributed by atoms with Gasteiger partial charge >= 0.3 is 0 Å². The lowest BCUT2D eigenvalue weighted by molar-refractivity contribution is 0.0834. The molecule has 0 saturated carbocycles. The van der Waals surface area contributed by atoms with Gasteiger partial charge in [0.15, 0.2) is 23.0 Å². The number of aromatic nitrogens is 8. The van der Waals surface area contributed by atoms with Crippen molar-refractivity contribution in [2.45, 2.75) is 122 Å². The minimum absolute atomic E-state index is 0.0449. The molecule has 10 heterocycles. The maximum absolute atomic E-state index is 12.3. The van der Waals surface area contributed by atoms with E-state index in [1.807, 2.05) is 44.4 Å². The molecule has 6 fully saturated rings. The highest BCUT2D eigenvalue weighted by molar-refractivity contribution is 5.43. The maximum Gasteiger partial charge on any atom is 0.252 e. The third kappa shape index (κ3) is 18.4. The van der Waals surface area contributed by atoms with Crippen molar-refractivity contribution in [1.29, 1.82) is 0 Å². The van der Waals surface area contributed by atoms with Crippen LogP contribution in [0.2, 0.25) is 0 Å². The Kier molecular flexibility index (Phi) is 23.6. The zero-order chi connectivity index (χ0) is 61.9. The number of H-pyrrole nitrogens is 3. The van der Waals surface area contributed by atoms with Crippen molar-refractivity contribution < 1.29 is 33.5 Å².